The molecule has 53 heavy (non-hydrogen) atoms. The van der Waals surface area contributed by atoms with Crippen LogP contribution in [0.1, 0.15) is 80.2 Å². The molecule has 0 aliphatic carbocycles. The molecule has 14 atom stereocenters. The monoisotopic (exact) mass is 773 g/mol. The van der Waals surface area contributed by atoms with Gasteiger partial charge in [0.05, 0.1) is 40.8 Å². The van der Waals surface area contributed by atoms with Crippen molar-refractivity contribution in [2.75, 3.05) is 20.6 Å². The first-order chi connectivity index (χ1) is 24.3. The number of carbonyl (C=O) groups is 2. The number of likely N-dealkylation sites (N-methyl/N-ethyl adjacent to an activating group) is 1. The van der Waals surface area contributed by atoms with E-state index in [4.69, 9.17) is 14.2 Å². The summed E-state index contributed by atoms with van der Waals surface area (Å²) < 4.78 is 46.9. The Morgan fingerprint density at radius 2 is 1.62 bits per heavy atom. The van der Waals surface area contributed by atoms with Crippen molar-refractivity contribution in [3.05, 3.63) is 29.8 Å². The molecular weight excluding hydrogens is 710 g/mol. The van der Waals surface area contributed by atoms with Crippen LogP contribution in [0.25, 0.3) is 0 Å². The van der Waals surface area contributed by atoms with E-state index in [-0.39, 0.29) is 36.4 Å². The summed E-state index contributed by atoms with van der Waals surface area (Å²) >= 11 is 0. The third kappa shape index (κ3) is 10.5. The quantitative estimate of drug-likeness (QED) is 0.228. The third-order valence-corrected chi connectivity index (χ3v) is 12.3. The summed E-state index contributed by atoms with van der Waals surface area (Å²) in [6.07, 6.45) is -8.04. The van der Waals surface area contributed by atoms with Gasteiger partial charge >= 0.3 is 12.0 Å². The van der Waals surface area contributed by atoms with Crippen LogP contribution in [0.5, 0.6) is 0 Å². The normalized spacial score (nSPS) is 39.9. The van der Waals surface area contributed by atoms with Gasteiger partial charge in [0.2, 0.25) is 0 Å². The highest BCUT2D eigenvalue weighted by Gasteiger charge is 2.50. The highest BCUT2D eigenvalue weighted by molar-refractivity contribution is 7.90. The molecule has 0 saturated carbocycles. The number of aliphatic hydroxyl groups excluding tert-OH is 3. The Morgan fingerprint density at radius 3 is 2.17 bits per heavy atom. The molecule has 15 nitrogen and oxygen atoms in total. The van der Waals surface area contributed by atoms with Gasteiger partial charge in [0, 0.05) is 18.5 Å². The van der Waals surface area contributed by atoms with Gasteiger partial charge in [-0.25, -0.2) is 17.9 Å². The van der Waals surface area contributed by atoms with E-state index in [9.17, 15) is 43.5 Å². The summed E-state index contributed by atoms with van der Waals surface area (Å²) in [5, 5.41) is 58.5. The van der Waals surface area contributed by atoms with Gasteiger partial charge in [0.25, 0.3) is 10.0 Å². The fourth-order valence-electron chi connectivity index (χ4n) is 7.73. The van der Waals surface area contributed by atoms with Gasteiger partial charge in [-0.2, -0.15) is 0 Å². The van der Waals surface area contributed by atoms with Crippen molar-refractivity contribution in [1.82, 2.24) is 14.5 Å². The lowest BCUT2D eigenvalue weighted by atomic mass is 9.78. The molecule has 2 saturated heterocycles. The molecule has 2 aliphatic rings. The number of amides is 2. The van der Waals surface area contributed by atoms with Crippen LogP contribution in [-0.2, 0) is 29.0 Å². The van der Waals surface area contributed by atoms with Crippen molar-refractivity contribution in [3.63, 3.8) is 0 Å². The Kier molecular flexibility index (Phi) is 14.9. The van der Waals surface area contributed by atoms with Crippen molar-refractivity contribution in [2.24, 2.45) is 17.8 Å². The van der Waals surface area contributed by atoms with Crippen LogP contribution in [-0.4, -0.2) is 143 Å². The second-order valence-corrected chi connectivity index (χ2v) is 17.7. The first-order valence-corrected chi connectivity index (χ1v) is 19.9. The number of cyclic esters (lactones) is 1. The average Bonchev–Trinajstić information content (AvgIpc) is 3.06. The zero-order chi connectivity index (χ0) is 40.4. The number of nitrogens with zero attached hydrogens (tertiary/aromatic N) is 2. The minimum Gasteiger partial charge on any atom is -0.459 e. The van der Waals surface area contributed by atoms with Crippen LogP contribution in [0.4, 0.5) is 4.79 Å². The number of ether oxygens (including phenoxy) is 3. The number of carbonyl (C=O) groups excluding carboxylic acids is 2. The average molecular weight is 774 g/mol. The van der Waals surface area contributed by atoms with E-state index < -0.39 is 93.8 Å². The number of nitrogens with one attached hydrogen (secondary N) is 1. The van der Waals surface area contributed by atoms with Crippen LogP contribution in [0, 0.1) is 24.7 Å². The third-order valence-electron chi connectivity index (χ3n) is 11.0. The van der Waals surface area contributed by atoms with Gasteiger partial charge in [-0.05, 0) is 93.0 Å². The highest BCUT2D eigenvalue weighted by Crippen LogP contribution is 2.37. The second-order valence-electron chi connectivity index (χ2n) is 16.1. The SMILES string of the molecule is CC[C@H]1OC(=O)[C@H](C)[C@@H](O)[C@H](C)[C@@H](O[C@@H]2O[C@H](C)C[C@H](N(C)C)[C@H]2O)[C@](C)(O)C[C@@H](C)CN(C(=O)NS(=O)(=O)c2ccc(C)cc2)[C@H](C)[C@@H](O)[C@]1(C)O. The van der Waals surface area contributed by atoms with Gasteiger partial charge in [0.1, 0.15) is 23.9 Å². The topological polar surface area (TPSA) is 216 Å². The molecule has 6 N–H and O–H groups in total. The summed E-state index contributed by atoms with van der Waals surface area (Å²) in [4.78, 5) is 30.3. The lowest BCUT2D eigenvalue weighted by molar-refractivity contribution is -0.299. The molecule has 16 heteroatoms. The Labute approximate surface area is 314 Å². The number of urea groups is 1. The van der Waals surface area contributed by atoms with Gasteiger partial charge in [-0.3, -0.25) is 4.79 Å². The summed E-state index contributed by atoms with van der Waals surface area (Å²) in [5.41, 5.74) is -3.15. The number of esters is 1. The Hall–Kier alpha value is -2.41. The number of hydrogen-bond donors (Lipinski definition) is 6. The summed E-state index contributed by atoms with van der Waals surface area (Å²) in [6, 6.07) is 3.17. The van der Waals surface area contributed by atoms with Crippen LogP contribution < -0.4 is 4.72 Å². The molecular formula is C37H63N3O12S. The molecule has 304 valence electrons. The molecule has 2 fully saturated rings. The van der Waals surface area contributed by atoms with E-state index in [1.165, 1.54) is 39.8 Å². The standard InChI is InChI=1S/C37H63N3O12S/c1-12-28-37(9,47)31(43)25(7)40(35(45)38-53(48,49)26-15-13-20(2)14-16-26)19-21(3)18-36(8,46)32(23(5)29(41)24(6)33(44)51-28)52-34-30(42)27(39(10)11)17-22(4)50-34/h13-16,21-25,27-32,34,41-43,46-47H,12,17-19H2,1-11H3,(H,38,45)/t21-,22-,23+,24-,25-,27+,28-,29+,30-,31-,32-,34+,36-,37-/m1/s1. The molecule has 0 spiro atoms. The van der Waals surface area contributed by atoms with Gasteiger partial charge in [-0.1, -0.05) is 38.5 Å². The van der Waals surface area contributed by atoms with Crippen molar-refractivity contribution >= 4 is 22.0 Å². The van der Waals surface area contributed by atoms with Crippen molar-refractivity contribution in [3.8, 4) is 0 Å². The van der Waals surface area contributed by atoms with Gasteiger partial charge < -0.3 is 49.5 Å². The molecule has 2 amide bonds. The largest absolute Gasteiger partial charge is 0.459 e. The predicted molar refractivity (Wildman–Crippen MR) is 196 cm³/mol. The van der Waals surface area contributed by atoms with Crippen molar-refractivity contribution in [1.29, 1.82) is 0 Å². The first kappa shape index (κ1) is 45.0. The molecule has 2 heterocycles. The maximum atomic E-state index is 13.9. The molecule has 2 aliphatic heterocycles. The van der Waals surface area contributed by atoms with E-state index in [1.807, 2.05) is 25.9 Å². The minimum atomic E-state index is -4.38. The highest BCUT2D eigenvalue weighted by atomic mass is 32.2. The van der Waals surface area contributed by atoms with Crippen molar-refractivity contribution < 1.29 is 57.8 Å². The molecule has 0 radical (unpaired) electrons. The molecule has 3 rings (SSSR count). The summed E-state index contributed by atoms with van der Waals surface area (Å²) in [7, 11) is -0.749. The van der Waals surface area contributed by atoms with Crippen LogP contribution in [0.2, 0.25) is 0 Å². The van der Waals surface area contributed by atoms with Crippen LogP contribution in [0.15, 0.2) is 29.2 Å². The fourth-order valence-corrected chi connectivity index (χ4v) is 8.69. The number of aliphatic hydroxyl groups is 5. The Bertz CT molecular complexity index is 1490. The molecule has 1 aromatic carbocycles. The zero-order valence-corrected chi connectivity index (χ0v) is 33.8. The number of rotatable bonds is 6. The molecule has 0 unspecified atom stereocenters. The van der Waals surface area contributed by atoms with E-state index in [1.54, 1.807) is 39.8 Å². The van der Waals surface area contributed by atoms with E-state index in [2.05, 4.69) is 4.72 Å². The minimum absolute atomic E-state index is 0.0356. The van der Waals surface area contributed by atoms with Crippen LogP contribution in [0.3, 0.4) is 0 Å². The zero-order valence-electron chi connectivity index (χ0n) is 33.0. The van der Waals surface area contributed by atoms with E-state index in [0.29, 0.717) is 6.42 Å². The fraction of sp³-hybridized carbons (Fsp3) is 0.784. The Morgan fingerprint density at radius 1 is 1.04 bits per heavy atom. The maximum absolute atomic E-state index is 13.9. The summed E-state index contributed by atoms with van der Waals surface area (Å²) in [6.45, 7) is 13.9. The van der Waals surface area contributed by atoms with Crippen LogP contribution >= 0.6 is 0 Å². The number of benzene rings is 1. The molecule has 0 bridgehead atoms. The molecule has 0 aromatic heterocycles. The second kappa shape index (κ2) is 17.6. The van der Waals surface area contributed by atoms with Gasteiger partial charge in [0.15, 0.2) is 6.29 Å². The van der Waals surface area contributed by atoms with Gasteiger partial charge in [-0.15, -0.1) is 0 Å². The Balaban J connectivity index is 2.11. The number of sulfonamides is 1. The molecule has 1 aromatic rings. The number of aryl methyl sites for hydroxylation is 1. The smallest absolute Gasteiger partial charge is 0.331 e. The number of hydrogen-bond acceptors (Lipinski definition) is 13. The lowest BCUT2D eigenvalue weighted by Crippen LogP contribution is -2.61. The van der Waals surface area contributed by atoms with E-state index in [0.717, 1.165) is 10.5 Å². The summed E-state index contributed by atoms with van der Waals surface area (Å²) in [5.74, 6) is -3.69. The maximum Gasteiger partial charge on any atom is 0.331 e. The predicted octanol–water partition coefficient (Wildman–Crippen LogP) is 1.75. The lowest BCUT2D eigenvalue weighted by Gasteiger charge is -2.46. The van der Waals surface area contributed by atoms with E-state index >= 15 is 0 Å². The first-order valence-electron chi connectivity index (χ1n) is 18.4. The van der Waals surface area contributed by atoms with Crippen molar-refractivity contribution in [2.45, 2.75) is 153 Å².